The summed E-state index contributed by atoms with van der Waals surface area (Å²) in [7, 11) is -0.467. The summed E-state index contributed by atoms with van der Waals surface area (Å²) in [6, 6.07) is 3.86. The number of ether oxygens (including phenoxy) is 3. The van der Waals surface area contributed by atoms with Crippen LogP contribution >= 0.6 is 0 Å². The molecule has 2 bridgehead atoms. The van der Waals surface area contributed by atoms with E-state index in [1.165, 1.54) is 6.42 Å². The van der Waals surface area contributed by atoms with Gasteiger partial charge in [-0.15, -0.1) is 0 Å². The average Bonchev–Trinajstić information content (AvgIpc) is 3.56. The molecule has 8 rings (SSSR count). The molecule has 0 N–H and O–H groups in total. The lowest BCUT2D eigenvalue weighted by atomic mass is 9.43. The Morgan fingerprint density at radius 3 is 2.61 bits per heavy atom. The van der Waals surface area contributed by atoms with Gasteiger partial charge in [0.05, 0.1) is 37.0 Å². The highest BCUT2D eigenvalue weighted by Gasteiger charge is 2.67. The average molecular weight is 604 g/mol. The lowest BCUT2D eigenvalue weighted by molar-refractivity contribution is -0.199. The van der Waals surface area contributed by atoms with Crippen molar-refractivity contribution in [2.75, 3.05) is 0 Å². The van der Waals surface area contributed by atoms with Crippen molar-refractivity contribution in [2.45, 2.75) is 111 Å². The lowest BCUT2D eigenvalue weighted by Crippen LogP contribution is -2.65. The van der Waals surface area contributed by atoms with E-state index in [2.05, 4.69) is 20.8 Å². The van der Waals surface area contributed by atoms with Crippen LogP contribution < -0.4 is 4.74 Å². The fourth-order valence-corrected chi connectivity index (χ4v) is 7.86. The fourth-order valence-electron chi connectivity index (χ4n) is 7.86. The van der Waals surface area contributed by atoms with E-state index in [4.69, 9.17) is 28.6 Å². The molecule has 6 aliphatic rings. The van der Waals surface area contributed by atoms with Crippen molar-refractivity contribution in [1.29, 1.82) is 0 Å². The second kappa shape index (κ2) is 9.60. The zero-order valence-electron chi connectivity index (χ0n) is 26.9. The highest BCUT2D eigenvalue weighted by atomic mass is 16.7. The first kappa shape index (κ1) is 29.4. The topological polar surface area (TPSA) is 101 Å². The van der Waals surface area contributed by atoms with Gasteiger partial charge in [-0.05, 0) is 63.4 Å². The van der Waals surface area contributed by atoms with Gasteiger partial charge in [0.25, 0.3) is 0 Å². The van der Waals surface area contributed by atoms with Crippen LogP contribution in [0.15, 0.2) is 24.3 Å². The first-order valence-corrected chi connectivity index (χ1v) is 15.7. The molecule has 44 heavy (non-hydrogen) atoms. The number of rotatable bonds is 4. The molecule has 1 amide bonds. The molecular weight excluding hydrogens is 561 g/mol. The molecule has 1 saturated heterocycles. The number of carbonyl (C=O) groups is 2. The summed E-state index contributed by atoms with van der Waals surface area (Å²) in [5, 5.41) is 4.72. The van der Waals surface area contributed by atoms with Crippen LogP contribution in [0.25, 0.3) is 6.08 Å². The molecule has 3 aliphatic heterocycles. The molecule has 234 valence electrons. The van der Waals surface area contributed by atoms with E-state index in [-0.39, 0.29) is 23.2 Å². The third kappa shape index (κ3) is 4.83. The van der Waals surface area contributed by atoms with Gasteiger partial charge in [-0.3, -0.25) is 9.58 Å². The highest BCUT2D eigenvalue weighted by molar-refractivity contribution is 6.52. The molecule has 0 radical (unpaired) electrons. The molecule has 2 aromatic rings. The van der Waals surface area contributed by atoms with Gasteiger partial charge < -0.3 is 23.5 Å². The molecule has 4 heterocycles. The number of nitrogens with zero attached hydrogens (tertiary/aromatic N) is 3. The zero-order chi connectivity index (χ0) is 31.4. The molecule has 1 unspecified atom stereocenters. The van der Waals surface area contributed by atoms with Crippen molar-refractivity contribution in [2.24, 2.45) is 17.3 Å². The van der Waals surface area contributed by atoms with Crippen molar-refractivity contribution < 1.29 is 33.1 Å². The molecule has 0 spiro atoms. The summed E-state index contributed by atoms with van der Waals surface area (Å²) in [5.41, 5.74) is 3.05. The standard InChI is InChI=1S/C33H42BN3O7/c1-30(2,3)42-29(39)36-15-21-17-37(35-23(21)18-36)16-20-10-9-19(27-26(20)28(38)41-32(6,7)40-27)11-12-34-43-25-14-22-13-24(31(22,4)5)33(25,8)44-34/h9-12,17,22,24-25H,13-16,18H2,1-8H3/b12-11-/t22-,24-,25?,33-/m0/s1. The van der Waals surface area contributed by atoms with Crippen LogP contribution in [0.3, 0.4) is 0 Å². The Hall–Kier alpha value is -3.31. The molecule has 3 saturated carbocycles. The van der Waals surface area contributed by atoms with E-state index in [1.807, 2.05) is 51.2 Å². The molecule has 3 aliphatic carbocycles. The molecule has 4 atom stereocenters. The lowest BCUT2D eigenvalue weighted by Gasteiger charge is -2.64. The molecule has 1 aromatic carbocycles. The molecule has 4 fully saturated rings. The van der Waals surface area contributed by atoms with Crippen LogP contribution in [0, 0.1) is 17.3 Å². The predicted octanol–water partition coefficient (Wildman–Crippen LogP) is 5.75. The summed E-state index contributed by atoms with van der Waals surface area (Å²) in [5.74, 6) is 2.00. The maximum Gasteiger partial charge on any atom is 0.486 e. The second-order valence-electron chi connectivity index (χ2n) is 15.2. The van der Waals surface area contributed by atoms with E-state index in [0.29, 0.717) is 42.8 Å². The van der Waals surface area contributed by atoms with Gasteiger partial charge in [-0.2, -0.15) is 5.10 Å². The summed E-state index contributed by atoms with van der Waals surface area (Å²) >= 11 is 0. The Morgan fingerprint density at radius 2 is 1.91 bits per heavy atom. The summed E-state index contributed by atoms with van der Waals surface area (Å²) in [6.07, 6.45) is 5.78. The van der Waals surface area contributed by atoms with Crippen molar-refractivity contribution in [1.82, 2.24) is 14.7 Å². The number of esters is 1. The largest absolute Gasteiger partial charge is 0.486 e. The summed E-state index contributed by atoms with van der Waals surface area (Å²) in [6.45, 7) is 17.1. The Labute approximate surface area is 259 Å². The van der Waals surface area contributed by atoms with Gasteiger partial charge in [0.2, 0.25) is 5.79 Å². The van der Waals surface area contributed by atoms with Crippen LogP contribution in [0.4, 0.5) is 4.79 Å². The summed E-state index contributed by atoms with van der Waals surface area (Å²) < 4.78 is 32.2. The van der Waals surface area contributed by atoms with Gasteiger partial charge in [0.1, 0.15) is 16.9 Å². The first-order chi connectivity index (χ1) is 20.5. The van der Waals surface area contributed by atoms with Gasteiger partial charge in [-0.1, -0.05) is 38.0 Å². The number of cyclic esters (lactones) is 1. The van der Waals surface area contributed by atoms with Crippen molar-refractivity contribution >= 4 is 25.3 Å². The Morgan fingerprint density at radius 1 is 1.14 bits per heavy atom. The van der Waals surface area contributed by atoms with Gasteiger partial charge in [0, 0.05) is 31.2 Å². The van der Waals surface area contributed by atoms with Crippen LogP contribution in [-0.2, 0) is 38.4 Å². The first-order valence-electron chi connectivity index (χ1n) is 15.7. The number of fused-ring (bicyclic) bond motifs is 2. The number of hydrogen-bond donors (Lipinski definition) is 0. The maximum absolute atomic E-state index is 13.3. The van der Waals surface area contributed by atoms with Crippen molar-refractivity contribution in [3.05, 3.63) is 52.3 Å². The van der Waals surface area contributed by atoms with Gasteiger partial charge in [-0.25, -0.2) is 9.59 Å². The van der Waals surface area contributed by atoms with Crippen LogP contribution in [0.2, 0.25) is 0 Å². The van der Waals surface area contributed by atoms with E-state index in [1.54, 1.807) is 23.4 Å². The highest BCUT2D eigenvalue weighted by Crippen LogP contribution is 2.65. The third-order valence-electron chi connectivity index (χ3n) is 10.2. The number of aromatic nitrogens is 2. The molecule has 11 heteroatoms. The Bertz CT molecular complexity index is 1550. The zero-order valence-corrected chi connectivity index (χ0v) is 26.9. The van der Waals surface area contributed by atoms with Crippen molar-refractivity contribution in [3.8, 4) is 5.75 Å². The molecule has 1 aromatic heterocycles. The van der Waals surface area contributed by atoms with Crippen LogP contribution in [-0.4, -0.2) is 57.0 Å². The summed E-state index contributed by atoms with van der Waals surface area (Å²) in [4.78, 5) is 27.5. The van der Waals surface area contributed by atoms with Gasteiger partial charge >= 0.3 is 19.2 Å². The van der Waals surface area contributed by atoms with E-state index < -0.39 is 24.5 Å². The number of carbonyl (C=O) groups excluding carboxylic acids is 2. The number of hydrogen-bond acceptors (Lipinski definition) is 8. The molecule has 10 nitrogen and oxygen atoms in total. The number of amides is 1. The molecular formula is C33H42BN3O7. The normalized spacial score (nSPS) is 29.5. The van der Waals surface area contributed by atoms with Gasteiger partial charge in [0.15, 0.2) is 0 Å². The van der Waals surface area contributed by atoms with Crippen LogP contribution in [0.5, 0.6) is 5.75 Å². The minimum absolute atomic E-state index is 0.0855. The Kier molecular flexibility index (Phi) is 6.41. The fraction of sp³-hybridized carbons (Fsp3) is 0.606. The smallest absolute Gasteiger partial charge is 0.451 e. The van der Waals surface area contributed by atoms with Crippen LogP contribution in [0.1, 0.15) is 101 Å². The SMILES string of the molecule is CC(C)(C)OC(=O)N1Cc2cn(Cc3ccc(/C=C\B4OC5C[C@@H]6C[C@@H](C6(C)C)[C@]5(C)O4)c4c3C(=O)OC(C)(C)O4)nc2C1. The minimum Gasteiger partial charge on any atom is -0.451 e. The van der Waals surface area contributed by atoms with E-state index in [9.17, 15) is 9.59 Å². The third-order valence-corrected chi connectivity index (χ3v) is 10.2. The maximum atomic E-state index is 13.3. The second-order valence-corrected chi connectivity index (χ2v) is 15.2. The minimum atomic E-state index is -1.11. The quantitative estimate of drug-likeness (QED) is 0.322. The number of benzene rings is 1. The van der Waals surface area contributed by atoms with E-state index in [0.717, 1.165) is 28.8 Å². The van der Waals surface area contributed by atoms with Crippen molar-refractivity contribution in [3.63, 3.8) is 0 Å². The van der Waals surface area contributed by atoms with E-state index >= 15 is 0 Å². The Balaban J connectivity index is 1.11. The predicted molar refractivity (Wildman–Crippen MR) is 163 cm³/mol. The monoisotopic (exact) mass is 603 g/mol.